The molecule has 14 heavy (non-hydrogen) atoms. The molecule has 0 aromatic heterocycles. The van der Waals surface area contributed by atoms with Gasteiger partial charge in [0.15, 0.2) is 0 Å². The summed E-state index contributed by atoms with van der Waals surface area (Å²) in [6.45, 7) is 2.83. The Kier molecular flexibility index (Phi) is 3.96. The molecule has 1 unspecified atom stereocenters. The normalized spacial score (nSPS) is 11.8. The van der Waals surface area contributed by atoms with Crippen molar-refractivity contribution in [3.05, 3.63) is 29.8 Å². The molecule has 74 valence electrons. The van der Waals surface area contributed by atoms with E-state index in [4.69, 9.17) is 11.0 Å². The van der Waals surface area contributed by atoms with Crippen molar-refractivity contribution >= 4 is 5.69 Å². The van der Waals surface area contributed by atoms with Gasteiger partial charge in [0, 0.05) is 18.3 Å². The Balaban J connectivity index is 2.49. The third-order valence-corrected chi connectivity index (χ3v) is 2.11. The summed E-state index contributed by atoms with van der Waals surface area (Å²) in [7, 11) is 0. The van der Waals surface area contributed by atoms with Crippen LogP contribution in [-0.4, -0.2) is 12.6 Å². The van der Waals surface area contributed by atoms with Crippen molar-refractivity contribution < 1.29 is 0 Å². The van der Waals surface area contributed by atoms with E-state index >= 15 is 0 Å². The van der Waals surface area contributed by atoms with E-state index in [9.17, 15) is 0 Å². The lowest BCUT2D eigenvalue weighted by Crippen LogP contribution is -2.27. The van der Waals surface area contributed by atoms with E-state index in [-0.39, 0.29) is 6.04 Å². The van der Waals surface area contributed by atoms with Crippen LogP contribution in [-0.2, 0) is 0 Å². The quantitative estimate of drug-likeness (QED) is 0.758. The summed E-state index contributed by atoms with van der Waals surface area (Å²) in [6.07, 6.45) is 0.962. The Morgan fingerprint density at radius 3 is 2.57 bits per heavy atom. The van der Waals surface area contributed by atoms with Crippen molar-refractivity contribution in [1.29, 1.82) is 5.26 Å². The minimum absolute atomic E-state index is 0.186. The van der Waals surface area contributed by atoms with Crippen LogP contribution < -0.4 is 11.1 Å². The number of nitrogens with one attached hydrogen (secondary N) is 1. The standard InChI is InChI=1S/C11H15N3/c1-2-10(13)8-14-11-5-3-9(7-12)4-6-11/h3-6,10,14H,2,8,13H2,1H3. The molecule has 1 atom stereocenters. The summed E-state index contributed by atoms with van der Waals surface area (Å²) < 4.78 is 0. The highest BCUT2D eigenvalue weighted by Crippen LogP contribution is 2.08. The van der Waals surface area contributed by atoms with E-state index in [1.165, 1.54) is 0 Å². The zero-order chi connectivity index (χ0) is 10.4. The first kappa shape index (κ1) is 10.6. The Morgan fingerprint density at radius 1 is 1.43 bits per heavy atom. The lowest BCUT2D eigenvalue weighted by molar-refractivity contribution is 0.679. The zero-order valence-electron chi connectivity index (χ0n) is 8.33. The predicted molar refractivity (Wildman–Crippen MR) is 57.9 cm³/mol. The first-order valence-corrected chi connectivity index (χ1v) is 4.76. The smallest absolute Gasteiger partial charge is 0.0991 e. The van der Waals surface area contributed by atoms with Gasteiger partial charge in [0.25, 0.3) is 0 Å². The van der Waals surface area contributed by atoms with E-state index in [0.717, 1.165) is 18.7 Å². The highest BCUT2D eigenvalue weighted by atomic mass is 14.9. The van der Waals surface area contributed by atoms with Crippen molar-refractivity contribution in [3.8, 4) is 6.07 Å². The summed E-state index contributed by atoms with van der Waals surface area (Å²) in [5.74, 6) is 0. The third kappa shape index (κ3) is 3.08. The maximum atomic E-state index is 8.59. The Labute approximate surface area is 84.5 Å². The van der Waals surface area contributed by atoms with Gasteiger partial charge in [0.2, 0.25) is 0 Å². The molecule has 0 amide bonds. The van der Waals surface area contributed by atoms with Gasteiger partial charge in [-0.2, -0.15) is 5.26 Å². The van der Waals surface area contributed by atoms with Gasteiger partial charge in [0.05, 0.1) is 11.6 Å². The largest absolute Gasteiger partial charge is 0.383 e. The maximum absolute atomic E-state index is 8.59. The van der Waals surface area contributed by atoms with Crippen LogP contribution in [0, 0.1) is 11.3 Å². The Hall–Kier alpha value is -1.53. The molecule has 0 saturated heterocycles. The lowest BCUT2D eigenvalue weighted by atomic mass is 10.2. The second kappa shape index (κ2) is 5.25. The minimum Gasteiger partial charge on any atom is -0.383 e. The van der Waals surface area contributed by atoms with Gasteiger partial charge in [-0.05, 0) is 30.7 Å². The minimum atomic E-state index is 0.186. The molecule has 0 aliphatic heterocycles. The molecule has 1 aromatic rings. The summed E-state index contributed by atoms with van der Waals surface area (Å²) in [5.41, 5.74) is 7.45. The number of benzene rings is 1. The van der Waals surface area contributed by atoms with Crippen LogP contribution in [0.1, 0.15) is 18.9 Å². The van der Waals surface area contributed by atoms with Crippen LogP contribution in [0.3, 0.4) is 0 Å². The molecule has 1 aromatic carbocycles. The summed E-state index contributed by atoms with van der Waals surface area (Å²) >= 11 is 0. The van der Waals surface area contributed by atoms with E-state index in [1.807, 2.05) is 12.1 Å². The maximum Gasteiger partial charge on any atom is 0.0991 e. The summed E-state index contributed by atoms with van der Waals surface area (Å²) in [5, 5.41) is 11.8. The Bertz CT molecular complexity index is 310. The molecular formula is C11H15N3. The molecule has 0 fully saturated rings. The lowest BCUT2D eigenvalue weighted by Gasteiger charge is -2.11. The molecule has 0 saturated carbocycles. The first-order valence-electron chi connectivity index (χ1n) is 4.76. The number of nitrogens with zero attached hydrogens (tertiary/aromatic N) is 1. The molecule has 3 N–H and O–H groups in total. The fourth-order valence-electron chi connectivity index (χ4n) is 1.06. The van der Waals surface area contributed by atoms with Crippen LogP contribution in [0.4, 0.5) is 5.69 Å². The molecule has 0 spiro atoms. The Morgan fingerprint density at radius 2 is 2.07 bits per heavy atom. The third-order valence-electron chi connectivity index (χ3n) is 2.11. The van der Waals surface area contributed by atoms with Crippen LogP contribution in [0.2, 0.25) is 0 Å². The number of hydrogen-bond acceptors (Lipinski definition) is 3. The van der Waals surface area contributed by atoms with E-state index in [1.54, 1.807) is 12.1 Å². The fraction of sp³-hybridized carbons (Fsp3) is 0.364. The number of rotatable bonds is 4. The van der Waals surface area contributed by atoms with Crippen molar-refractivity contribution in [2.45, 2.75) is 19.4 Å². The van der Waals surface area contributed by atoms with Crippen molar-refractivity contribution in [2.75, 3.05) is 11.9 Å². The predicted octanol–water partition coefficient (Wildman–Crippen LogP) is 1.71. The number of nitrogens with two attached hydrogens (primary N) is 1. The topological polar surface area (TPSA) is 61.8 Å². The van der Waals surface area contributed by atoms with Gasteiger partial charge in [-0.1, -0.05) is 6.92 Å². The molecular weight excluding hydrogens is 174 g/mol. The van der Waals surface area contributed by atoms with Crippen molar-refractivity contribution in [1.82, 2.24) is 0 Å². The second-order valence-electron chi connectivity index (χ2n) is 3.24. The van der Waals surface area contributed by atoms with Gasteiger partial charge in [0.1, 0.15) is 0 Å². The molecule has 0 aliphatic carbocycles. The van der Waals surface area contributed by atoms with E-state index in [0.29, 0.717) is 5.56 Å². The second-order valence-corrected chi connectivity index (χ2v) is 3.24. The van der Waals surface area contributed by atoms with Gasteiger partial charge >= 0.3 is 0 Å². The summed E-state index contributed by atoms with van der Waals surface area (Å²) in [6, 6.07) is 9.63. The van der Waals surface area contributed by atoms with Gasteiger partial charge in [-0.15, -0.1) is 0 Å². The van der Waals surface area contributed by atoms with Crippen LogP contribution in [0.25, 0.3) is 0 Å². The first-order chi connectivity index (χ1) is 6.76. The van der Waals surface area contributed by atoms with E-state index in [2.05, 4.69) is 18.3 Å². The average molecular weight is 189 g/mol. The van der Waals surface area contributed by atoms with Gasteiger partial charge < -0.3 is 11.1 Å². The molecule has 0 aliphatic rings. The van der Waals surface area contributed by atoms with E-state index < -0.39 is 0 Å². The van der Waals surface area contributed by atoms with Crippen LogP contribution in [0.5, 0.6) is 0 Å². The van der Waals surface area contributed by atoms with Gasteiger partial charge in [-0.3, -0.25) is 0 Å². The highest BCUT2D eigenvalue weighted by molar-refractivity contribution is 5.47. The molecule has 3 nitrogen and oxygen atoms in total. The molecule has 0 radical (unpaired) electrons. The summed E-state index contributed by atoms with van der Waals surface area (Å²) in [4.78, 5) is 0. The number of nitriles is 1. The zero-order valence-corrected chi connectivity index (χ0v) is 8.33. The van der Waals surface area contributed by atoms with Crippen molar-refractivity contribution in [3.63, 3.8) is 0 Å². The van der Waals surface area contributed by atoms with Crippen LogP contribution >= 0.6 is 0 Å². The van der Waals surface area contributed by atoms with Crippen LogP contribution in [0.15, 0.2) is 24.3 Å². The monoisotopic (exact) mass is 189 g/mol. The van der Waals surface area contributed by atoms with Gasteiger partial charge in [-0.25, -0.2) is 0 Å². The highest BCUT2D eigenvalue weighted by Gasteiger charge is 1.98. The SMILES string of the molecule is CCC(N)CNc1ccc(C#N)cc1. The molecule has 1 rings (SSSR count). The van der Waals surface area contributed by atoms with Crippen molar-refractivity contribution in [2.24, 2.45) is 5.73 Å². The molecule has 0 heterocycles. The average Bonchev–Trinajstić information content (AvgIpc) is 2.26. The number of anilines is 1. The number of hydrogen-bond donors (Lipinski definition) is 2. The molecule has 3 heteroatoms. The molecule has 0 bridgehead atoms. The fourth-order valence-corrected chi connectivity index (χ4v) is 1.06.